The zero-order valence-corrected chi connectivity index (χ0v) is 22.1. The van der Waals surface area contributed by atoms with Crippen LogP contribution in [0.5, 0.6) is 0 Å². The maximum Gasteiger partial charge on any atom is 0.258 e. The number of para-hydroxylation sites is 2. The standard InChI is InChI=1S/C29H32N8O/c1-4-37-25-8-6-5-7-24(25)32-27(37)23(17-30)26-20(2)18-31-29(33-26)34-28(38)22-11-9-21(10-12-22)19-36-15-13-35(3)14-16-36/h5-12,18,23H,4,13-16,19H2,1-3H3,(H,31,33,34,38). The van der Waals surface area contributed by atoms with Crippen molar-refractivity contribution in [3.05, 3.63) is 82.9 Å². The van der Waals surface area contributed by atoms with Crippen LogP contribution in [-0.2, 0) is 13.1 Å². The lowest BCUT2D eigenvalue weighted by molar-refractivity contribution is 0.102. The monoisotopic (exact) mass is 508 g/mol. The van der Waals surface area contributed by atoms with Crippen LogP contribution < -0.4 is 5.32 Å². The van der Waals surface area contributed by atoms with Gasteiger partial charge in [0.2, 0.25) is 5.95 Å². The van der Waals surface area contributed by atoms with Crippen molar-refractivity contribution in [3.63, 3.8) is 0 Å². The van der Waals surface area contributed by atoms with Gasteiger partial charge in [-0.05, 0) is 56.3 Å². The average molecular weight is 509 g/mol. The highest BCUT2D eigenvalue weighted by atomic mass is 16.1. The van der Waals surface area contributed by atoms with Crippen LogP contribution in [0.3, 0.4) is 0 Å². The minimum absolute atomic E-state index is 0.163. The summed E-state index contributed by atoms with van der Waals surface area (Å²) in [5.41, 5.74) is 4.81. The molecule has 1 atom stereocenters. The van der Waals surface area contributed by atoms with Crippen molar-refractivity contribution in [2.45, 2.75) is 32.9 Å². The molecule has 0 spiro atoms. The molecule has 1 N–H and O–H groups in total. The Morgan fingerprint density at radius 1 is 1.08 bits per heavy atom. The van der Waals surface area contributed by atoms with Crippen molar-refractivity contribution in [1.82, 2.24) is 29.3 Å². The van der Waals surface area contributed by atoms with Gasteiger partial charge in [0.1, 0.15) is 11.7 Å². The topological polar surface area (TPSA) is 103 Å². The van der Waals surface area contributed by atoms with Gasteiger partial charge in [0, 0.05) is 51.0 Å². The van der Waals surface area contributed by atoms with E-state index in [1.807, 2.05) is 66.9 Å². The highest BCUT2D eigenvalue weighted by Gasteiger charge is 2.25. The number of hydrogen-bond acceptors (Lipinski definition) is 7. The molecule has 1 aliphatic rings. The number of nitrogens with zero attached hydrogens (tertiary/aromatic N) is 7. The molecule has 9 heteroatoms. The largest absolute Gasteiger partial charge is 0.327 e. The fraction of sp³-hybridized carbons (Fsp3) is 0.345. The molecule has 0 aliphatic carbocycles. The number of amides is 1. The summed E-state index contributed by atoms with van der Waals surface area (Å²) in [7, 11) is 2.15. The Bertz CT molecular complexity index is 1480. The van der Waals surface area contributed by atoms with Gasteiger partial charge in [0.05, 0.1) is 22.8 Å². The van der Waals surface area contributed by atoms with E-state index in [4.69, 9.17) is 4.98 Å². The van der Waals surface area contributed by atoms with E-state index in [9.17, 15) is 10.1 Å². The second kappa shape index (κ2) is 11.1. The Hall–Kier alpha value is -4.13. The number of nitriles is 1. The van der Waals surface area contributed by atoms with Crippen molar-refractivity contribution in [2.24, 2.45) is 0 Å². The summed E-state index contributed by atoms with van der Waals surface area (Å²) in [6, 6.07) is 17.9. The number of nitrogens with one attached hydrogen (secondary N) is 1. The number of aryl methyl sites for hydroxylation is 2. The number of anilines is 1. The van der Waals surface area contributed by atoms with Crippen molar-refractivity contribution in [1.29, 1.82) is 5.26 Å². The predicted octanol–water partition coefficient (Wildman–Crippen LogP) is 3.81. The molecule has 4 aromatic rings. The normalized spacial score (nSPS) is 15.3. The van der Waals surface area contributed by atoms with Crippen molar-refractivity contribution >= 4 is 22.9 Å². The molecule has 194 valence electrons. The summed E-state index contributed by atoms with van der Waals surface area (Å²) in [4.78, 5) is 31.4. The Kier molecular flexibility index (Phi) is 7.45. The third-order valence-electron chi connectivity index (χ3n) is 7.12. The first kappa shape index (κ1) is 25.5. The zero-order chi connectivity index (χ0) is 26.6. The molecule has 2 aromatic carbocycles. The molecule has 2 aromatic heterocycles. The fourth-order valence-corrected chi connectivity index (χ4v) is 4.90. The molecule has 0 bridgehead atoms. The van der Waals surface area contributed by atoms with E-state index in [0.29, 0.717) is 23.6 Å². The number of aromatic nitrogens is 4. The van der Waals surface area contributed by atoms with E-state index in [-0.39, 0.29) is 11.9 Å². The van der Waals surface area contributed by atoms with Crippen LogP contribution in [0.1, 0.15) is 45.8 Å². The van der Waals surface area contributed by atoms with Crippen LogP contribution in [0.2, 0.25) is 0 Å². The average Bonchev–Trinajstić information content (AvgIpc) is 3.30. The summed E-state index contributed by atoms with van der Waals surface area (Å²) in [6.07, 6.45) is 1.64. The lowest BCUT2D eigenvalue weighted by atomic mass is 10.0. The summed E-state index contributed by atoms with van der Waals surface area (Å²) >= 11 is 0. The number of benzene rings is 2. The molecule has 0 radical (unpaired) electrons. The van der Waals surface area contributed by atoms with Crippen molar-refractivity contribution in [3.8, 4) is 6.07 Å². The number of carbonyl (C=O) groups excluding carboxylic acids is 1. The third-order valence-corrected chi connectivity index (χ3v) is 7.12. The van der Waals surface area contributed by atoms with Gasteiger partial charge < -0.3 is 9.47 Å². The Morgan fingerprint density at radius 3 is 2.53 bits per heavy atom. The van der Waals surface area contributed by atoms with E-state index < -0.39 is 5.92 Å². The van der Waals surface area contributed by atoms with Crippen LogP contribution in [0, 0.1) is 18.3 Å². The molecule has 3 heterocycles. The van der Waals surface area contributed by atoms with E-state index in [1.54, 1.807) is 6.20 Å². The van der Waals surface area contributed by atoms with Crippen molar-refractivity contribution < 1.29 is 4.79 Å². The Morgan fingerprint density at radius 2 is 1.82 bits per heavy atom. The van der Waals surface area contributed by atoms with Gasteiger partial charge in [0.15, 0.2) is 0 Å². The molecule has 1 amide bonds. The summed E-state index contributed by atoms with van der Waals surface area (Å²) in [6.45, 7) is 9.67. The highest BCUT2D eigenvalue weighted by Crippen LogP contribution is 2.28. The molecule has 1 saturated heterocycles. The molecule has 1 aliphatic heterocycles. The molecular formula is C29H32N8O. The minimum Gasteiger partial charge on any atom is -0.327 e. The zero-order valence-electron chi connectivity index (χ0n) is 22.1. The lowest BCUT2D eigenvalue weighted by Crippen LogP contribution is -2.43. The van der Waals surface area contributed by atoms with Crippen LogP contribution in [0.25, 0.3) is 11.0 Å². The smallest absolute Gasteiger partial charge is 0.258 e. The lowest BCUT2D eigenvalue weighted by Gasteiger charge is -2.32. The molecule has 5 rings (SSSR count). The van der Waals surface area contributed by atoms with Gasteiger partial charge in [-0.15, -0.1) is 0 Å². The number of piperazine rings is 1. The first-order valence-corrected chi connectivity index (χ1v) is 13.0. The van der Waals surface area contributed by atoms with Crippen LogP contribution in [-0.4, -0.2) is 68.5 Å². The van der Waals surface area contributed by atoms with Gasteiger partial charge in [-0.1, -0.05) is 24.3 Å². The first-order valence-electron chi connectivity index (χ1n) is 13.0. The van der Waals surface area contributed by atoms with Crippen molar-refractivity contribution in [2.75, 3.05) is 38.5 Å². The molecule has 9 nitrogen and oxygen atoms in total. The second-order valence-corrected chi connectivity index (χ2v) is 9.76. The molecule has 1 fully saturated rings. The number of likely N-dealkylation sites (N-methyl/N-ethyl adjacent to an activating group) is 1. The highest BCUT2D eigenvalue weighted by molar-refractivity contribution is 6.03. The van der Waals surface area contributed by atoms with E-state index in [1.165, 1.54) is 5.56 Å². The number of rotatable bonds is 7. The predicted molar refractivity (Wildman–Crippen MR) is 147 cm³/mol. The first-order chi connectivity index (χ1) is 18.5. The summed E-state index contributed by atoms with van der Waals surface area (Å²) < 4.78 is 2.03. The molecule has 1 unspecified atom stereocenters. The van der Waals surface area contributed by atoms with Gasteiger partial charge in [0.25, 0.3) is 5.91 Å². The number of hydrogen-bond donors (Lipinski definition) is 1. The third kappa shape index (κ3) is 5.28. The summed E-state index contributed by atoms with van der Waals surface area (Å²) in [5, 5.41) is 13.0. The van der Waals surface area contributed by atoms with Crippen LogP contribution >= 0.6 is 0 Å². The number of fused-ring (bicyclic) bond motifs is 1. The van der Waals surface area contributed by atoms with Gasteiger partial charge >= 0.3 is 0 Å². The molecule has 0 saturated carbocycles. The van der Waals surface area contributed by atoms with Gasteiger partial charge in [-0.2, -0.15) is 5.26 Å². The maximum atomic E-state index is 13.0. The van der Waals surface area contributed by atoms with E-state index in [2.05, 4.69) is 38.2 Å². The van der Waals surface area contributed by atoms with Gasteiger partial charge in [-0.25, -0.2) is 15.0 Å². The van der Waals surface area contributed by atoms with E-state index >= 15 is 0 Å². The molecule has 38 heavy (non-hydrogen) atoms. The quantitative estimate of drug-likeness (QED) is 0.405. The number of imidazole rings is 1. The second-order valence-electron chi connectivity index (χ2n) is 9.76. The number of carbonyl (C=O) groups is 1. The minimum atomic E-state index is -0.699. The maximum absolute atomic E-state index is 13.0. The van der Waals surface area contributed by atoms with Crippen LogP contribution in [0.4, 0.5) is 5.95 Å². The SMILES string of the molecule is CCn1c(C(C#N)c2nc(NC(=O)c3ccc(CN4CCN(C)CC4)cc3)ncc2C)nc2ccccc21. The Balaban J connectivity index is 1.33. The fourth-order valence-electron chi connectivity index (χ4n) is 4.90. The Labute approximate surface area is 222 Å². The van der Waals surface area contributed by atoms with E-state index in [0.717, 1.165) is 49.3 Å². The van der Waals surface area contributed by atoms with Gasteiger partial charge in [-0.3, -0.25) is 15.0 Å². The van der Waals surface area contributed by atoms with Crippen LogP contribution in [0.15, 0.2) is 54.7 Å². The summed E-state index contributed by atoms with van der Waals surface area (Å²) in [5.74, 6) is -0.196. The molecular weight excluding hydrogens is 476 g/mol.